The Morgan fingerprint density at radius 2 is 1.87 bits per heavy atom. The van der Waals surface area contributed by atoms with Gasteiger partial charge in [0.1, 0.15) is 0 Å². The molecule has 0 aliphatic carbocycles. The van der Waals surface area contributed by atoms with Crippen LogP contribution >= 0.6 is 0 Å². The molecule has 1 unspecified atom stereocenters. The summed E-state index contributed by atoms with van der Waals surface area (Å²) in [7, 11) is 0. The van der Waals surface area contributed by atoms with E-state index in [4.69, 9.17) is 4.74 Å². The van der Waals surface area contributed by atoms with Crippen molar-refractivity contribution >= 4 is 0 Å². The molecule has 0 aromatic rings. The number of unbranched alkanes of at least 4 members (excludes halogenated alkanes) is 1. The van der Waals surface area contributed by atoms with Crippen LogP contribution in [0.3, 0.4) is 0 Å². The van der Waals surface area contributed by atoms with Crippen LogP contribution in [0.2, 0.25) is 0 Å². The van der Waals surface area contributed by atoms with Crippen molar-refractivity contribution in [3.05, 3.63) is 11.5 Å². The van der Waals surface area contributed by atoms with Gasteiger partial charge in [0.05, 0.1) is 5.95 Å². The van der Waals surface area contributed by atoms with Gasteiger partial charge in [-0.05, 0) is 30.8 Å². The van der Waals surface area contributed by atoms with E-state index < -0.39 is 0 Å². The van der Waals surface area contributed by atoms with Crippen molar-refractivity contribution in [2.45, 2.75) is 59.5 Å². The number of hydrogen-bond donors (Lipinski definition) is 0. The zero-order valence-corrected chi connectivity index (χ0v) is 10.9. The second-order valence-corrected chi connectivity index (χ2v) is 5.25. The van der Waals surface area contributed by atoms with Crippen molar-refractivity contribution in [3.8, 4) is 0 Å². The van der Waals surface area contributed by atoms with Crippen molar-refractivity contribution in [1.82, 2.24) is 0 Å². The minimum Gasteiger partial charge on any atom is -0.602 e. The van der Waals surface area contributed by atoms with Gasteiger partial charge in [0.25, 0.3) is 0 Å². The fourth-order valence-corrected chi connectivity index (χ4v) is 1.76. The van der Waals surface area contributed by atoms with Gasteiger partial charge in [-0.15, -0.1) is 0 Å². The van der Waals surface area contributed by atoms with Crippen LogP contribution in [-0.4, -0.2) is 5.60 Å². The summed E-state index contributed by atoms with van der Waals surface area (Å²) >= 11 is 0. The predicted octanol–water partition coefficient (Wildman–Crippen LogP) is -0.412. The van der Waals surface area contributed by atoms with Crippen LogP contribution in [-0.2, 0) is 4.74 Å². The van der Waals surface area contributed by atoms with E-state index in [-0.39, 0.29) is 35.8 Å². The fraction of sp³-hybridized carbons (Fsp3) is 0.833. The van der Waals surface area contributed by atoms with E-state index in [0.29, 0.717) is 0 Å². The minimum atomic E-state index is -0.334. The molecular weight excluding hydrogens is 183 g/mol. The van der Waals surface area contributed by atoms with Gasteiger partial charge in [-0.25, -0.2) is 0 Å². The topological polar surface area (TPSA) is 32.3 Å². The molecule has 2 nitrogen and oxygen atoms in total. The molecule has 0 radical (unpaired) electrons. The van der Waals surface area contributed by atoms with Gasteiger partial charge in [-0.1, -0.05) is 34.1 Å². The van der Waals surface area contributed by atoms with Gasteiger partial charge in [-0.3, -0.25) is 0 Å². The molecule has 1 aliphatic heterocycles. The molecule has 1 rings (SSSR count). The van der Waals surface area contributed by atoms with E-state index in [0.717, 1.165) is 24.8 Å². The van der Waals surface area contributed by atoms with Crippen molar-refractivity contribution in [2.75, 3.05) is 0 Å². The molecule has 0 aromatic heterocycles. The summed E-state index contributed by atoms with van der Waals surface area (Å²) in [6, 6.07) is 0. The van der Waals surface area contributed by atoms with E-state index in [1.54, 1.807) is 0 Å². The van der Waals surface area contributed by atoms with Crippen molar-refractivity contribution in [3.63, 3.8) is 0 Å². The van der Waals surface area contributed by atoms with Crippen molar-refractivity contribution < 1.29 is 28.7 Å². The first-order valence-electron chi connectivity index (χ1n) is 5.42. The maximum absolute atomic E-state index is 11.3. The standard InChI is InChI=1S/C12H22O2.Li/c1-6-7-8-9-10(13)14-12(9,5)11(2,3)4;/h13H,6-8H2,1-5H3;/q;+1/p-1. The van der Waals surface area contributed by atoms with Gasteiger partial charge in [0.2, 0.25) is 0 Å². The van der Waals surface area contributed by atoms with Crippen molar-refractivity contribution in [2.24, 2.45) is 5.41 Å². The quantitative estimate of drug-likeness (QED) is 0.585. The third-order valence-corrected chi connectivity index (χ3v) is 3.33. The monoisotopic (exact) mass is 204 g/mol. The first kappa shape index (κ1) is 14.9. The van der Waals surface area contributed by atoms with Gasteiger partial charge < -0.3 is 9.84 Å². The summed E-state index contributed by atoms with van der Waals surface area (Å²) < 4.78 is 5.32. The summed E-state index contributed by atoms with van der Waals surface area (Å²) in [5, 5.41) is 11.3. The largest absolute Gasteiger partial charge is 1.00 e. The second kappa shape index (κ2) is 4.85. The molecular formula is C12H21LiO2. The smallest absolute Gasteiger partial charge is 0.602 e. The molecule has 0 saturated carbocycles. The average molecular weight is 204 g/mol. The third-order valence-electron chi connectivity index (χ3n) is 3.33. The average Bonchev–Trinajstić information content (AvgIpc) is 2.02. The fourth-order valence-electron chi connectivity index (χ4n) is 1.76. The molecule has 0 bridgehead atoms. The molecule has 0 spiro atoms. The molecule has 0 fully saturated rings. The molecule has 0 N–H and O–H groups in total. The molecule has 0 saturated heterocycles. The first-order valence-corrected chi connectivity index (χ1v) is 5.42. The summed E-state index contributed by atoms with van der Waals surface area (Å²) in [5.74, 6) is -0.0872. The zero-order chi connectivity index (χ0) is 11.0. The Labute approximate surface area is 105 Å². The van der Waals surface area contributed by atoms with Crippen LogP contribution < -0.4 is 24.0 Å². The summed E-state index contributed by atoms with van der Waals surface area (Å²) in [4.78, 5) is 0. The van der Waals surface area contributed by atoms with E-state index in [2.05, 4.69) is 27.7 Å². The zero-order valence-electron chi connectivity index (χ0n) is 10.9. The Bertz CT molecular complexity index is 253. The summed E-state index contributed by atoms with van der Waals surface area (Å²) in [5.41, 5.74) is 0.648. The van der Waals surface area contributed by atoms with Crippen LogP contribution in [0.25, 0.3) is 0 Å². The van der Waals surface area contributed by atoms with Crippen molar-refractivity contribution in [1.29, 1.82) is 0 Å². The van der Waals surface area contributed by atoms with E-state index >= 15 is 0 Å². The predicted molar refractivity (Wildman–Crippen MR) is 55.5 cm³/mol. The van der Waals surface area contributed by atoms with Gasteiger partial charge in [0, 0.05) is 5.60 Å². The molecule has 0 amide bonds. The van der Waals surface area contributed by atoms with E-state index in [1.165, 1.54) is 0 Å². The van der Waals surface area contributed by atoms with Crippen LogP contribution in [0.5, 0.6) is 0 Å². The summed E-state index contributed by atoms with van der Waals surface area (Å²) in [6.45, 7) is 10.5. The maximum Gasteiger partial charge on any atom is 1.00 e. The van der Waals surface area contributed by atoms with Gasteiger partial charge in [0.15, 0.2) is 0 Å². The molecule has 3 heteroatoms. The van der Waals surface area contributed by atoms with Gasteiger partial charge >= 0.3 is 18.9 Å². The normalized spacial score (nSPS) is 25.4. The molecule has 1 atom stereocenters. The minimum absolute atomic E-state index is 0. The summed E-state index contributed by atoms with van der Waals surface area (Å²) in [6.07, 6.45) is 3.09. The van der Waals surface area contributed by atoms with Crippen LogP contribution in [0, 0.1) is 5.41 Å². The third kappa shape index (κ3) is 2.54. The van der Waals surface area contributed by atoms with E-state index in [9.17, 15) is 5.11 Å². The molecule has 1 aliphatic rings. The van der Waals surface area contributed by atoms with Gasteiger partial charge in [-0.2, -0.15) is 0 Å². The number of ether oxygens (including phenoxy) is 1. The molecule has 1 heterocycles. The molecule has 15 heavy (non-hydrogen) atoms. The number of hydrogen-bond acceptors (Lipinski definition) is 2. The molecule has 82 valence electrons. The van der Waals surface area contributed by atoms with E-state index in [1.807, 2.05) is 6.92 Å². The Morgan fingerprint density at radius 1 is 1.33 bits per heavy atom. The Kier molecular flexibility index (Phi) is 4.83. The first-order chi connectivity index (χ1) is 6.33. The Morgan fingerprint density at radius 3 is 2.20 bits per heavy atom. The Hall–Kier alpha value is -0.0626. The molecule has 0 aromatic carbocycles. The maximum atomic E-state index is 11.3. The van der Waals surface area contributed by atoms with Crippen LogP contribution in [0.4, 0.5) is 0 Å². The Balaban J connectivity index is 0.00000196. The van der Waals surface area contributed by atoms with Crippen LogP contribution in [0.15, 0.2) is 11.5 Å². The SMILES string of the molecule is CCCCC1=C([O-])OC1(C)C(C)(C)C.[Li+]. The van der Waals surface area contributed by atoms with Crippen LogP contribution in [0.1, 0.15) is 53.9 Å². The number of rotatable bonds is 3. The second-order valence-electron chi connectivity index (χ2n) is 5.25.